The van der Waals surface area contributed by atoms with E-state index in [0.717, 1.165) is 12.0 Å². The first-order chi connectivity index (χ1) is 9.61. The number of nitrogens with zero attached hydrogens (tertiary/aromatic N) is 1. The fourth-order valence-corrected chi connectivity index (χ4v) is 3.32. The summed E-state index contributed by atoms with van der Waals surface area (Å²) in [4.78, 5) is 25.3. The molecule has 1 aliphatic rings. The highest BCUT2D eigenvalue weighted by molar-refractivity contribution is 8.24. The molecule has 1 fully saturated rings. The molecule has 0 radical (unpaired) electrons. The molecule has 1 aromatic rings. The first-order valence-corrected chi connectivity index (χ1v) is 7.73. The molecular weight excluding hydrogens is 292 g/mol. The molecule has 0 aliphatic carbocycles. The van der Waals surface area contributed by atoms with E-state index in [2.05, 4.69) is 5.32 Å². The van der Waals surface area contributed by atoms with Gasteiger partial charge in [0.05, 0.1) is 5.25 Å². The van der Waals surface area contributed by atoms with Crippen molar-refractivity contribution in [1.29, 1.82) is 0 Å². The van der Waals surface area contributed by atoms with Gasteiger partial charge in [0.1, 0.15) is 10.9 Å². The van der Waals surface area contributed by atoms with Crippen molar-refractivity contribution in [2.45, 2.75) is 25.1 Å². The van der Waals surface area contributed by atoms with Crippen LogP contribution in [0.4, 0.5) is 0 Å². The average molecular weight is 308 g/mol. The molecule has 1 unspecified atom stereocenters. The van der Waals surface area contributed by atoms with E-state index in [1.165, 1.54) is 16.7 Å². The third kappa shape index (κ3) is 3.58. The summed E-state index contributed by atoms with van der Waals surface area (Å²) < 4.78 is 0.497. The zero-order valence-corrected chi connectivity index (χ0v) is 12.8. The number of amides is 2. The molecule has 20 heavy (non-hydrogen) atoms. The Bertz CT molecular complexity index is 519. The summed E-state index contributed by atoms with van der Waals surface area (Å²) in [6.45, 7) is 2.41. The molecule has 106 valence electrons. The molecule has 6 heteroatoms. The third-order valence-corrected chi connectivity index (χ3v) is 4.76. The number of carbonyl (C=O) groups excluding carboxylic acids is 2. The second kappa shape index (κ2) is 6.85. The molecular formula is C14H16N2O2S2. The second-order valence-electron chi connectivity index (χ2n) is 4.47. The molecule has 1 aromatic carbocycles. The van der Waals surface area contributed by atoms with E-state index < -0.39 is 0 Å². The molecule has 4 nitrogen and oxygen atoms in total. The molecule has 1 aliphatic heterocycles. The quantitative estimate of drug-likeness (QED) is 0.845. The lowest BCUT2D eigenvalue weighted by molar-refractivity contribution is -0.131. The van der Waals surface area contributed by atoms with Gasteiger partial charge in [-0.05, 0) is 12.0 Å². The third-order valence-electron chi connectivity index (χ3n) is 3.01. The molecule has 0 aromatic heterocycles. The van der Waals surface area contributed by atoms with Crippen molar-refractivity contribution in [2.24, 2.45) is 0 Å². The van der Waals surface area contributed by atoms with Crippen LogP contribution in [0.5, 0.6) is 0 Å². The van der Waals surface area contributed by atoms with Gasteiger partial charge in [0, 0.05) is 6.54 Å². The van der Waals surface area contributed by atoms with Crippen molar-refractivity contribution < 1.29 is 9.59 Å². The molecule has 1 N–H and O–H groups in total. The van der Waals surface area contributed by atoms with Crippen molar-refractivity contribution in [2.75, 3.05) is 6.54 Å². The second-order valence-corrected chi connectivity index (χ2v) is 6.30. The maximum Gasteiger partial charge on any atom is 0.242 e. The molecule has 2 amide bonds. The van der Waals surface area contributed by atoms with Crippen molar-refractivity contribution in [3.8, 4) is 0 Å². The molecule has 0 saturated carbocycles. The molecule has 1 heterocycles. The van der Waals surface area contributed by atoms with Gasteiger partial charge in [-0.15, -0.1) is 0 Å². The van der Waals surface area contributed by atoms with Gasteiger partial charge >= 0.3 is 0 Å². The van der Waals surface area contributed by atoms with Gasteiger partial charge in [-0.2, -0.15) is 0 Å². The predicted octanol–water partition coefficient (Wildman–Crippen LogP) is 1.94. The lowest BCUT2D eigenvalue weighted by atomic mass is 10.2. The van der Waals surface area contributed by atoms with Crippen molar-refractivity contribution in [1.82, 2.24) is 10.2 Å². The summed E-state index contributed by atoms with van der Waals surface area (Å²) in [5.74, 6) is -0.251. The van der Waals surface area contributed by atoms with Crippen LogP contribution < -0.4 is 5.32 Å². The Morgan fingerprint density at radius 2 is 2.10 bits per heavy atom. The summed E-state index contributed by atoms with van der Waals surface area (Å²) in [5.41, 5.74) is 1.02. The van der Waals surface area contributed by atoms with Crippen LogP contribution in [0, 0.1) is 0 Å². The standard InChI is InChI=1S/C14H16N2O2S2/c1-2-11-13(18)16(14(19)20-11)9-12(17)15-8-10-6-4-3-5-7-10/h3-7,11H,2,8-9H2,1H3,(H,15,17). The largest absolute Gasteiger partial charge is 0.350 e. The normalized spacial score (nSPS) is 18.4. The van der Waals surface area contributed by atoms with E-state index in [1.54, 1.807) is 0 Å². The zero-order valence-electron chi connectivity index (χ0n) is 11.2. The minimum Gasteiger partial charge on any atom is -0.350 e. The zero-order chi connectivity index (χ0) is 14.5. The Kier molecular flexibility index (Phi) is 5.14. The van der Waals surface area contributed by atoms with Gasteiger partial charge in [0.2, 0.25) is 11.8 Å². The molecule has 1 saturated heterocycles. The minimum absolute atomic E-state index is 0.00794. The number of benzene rings is 1. The number of nitrogens with one attached hydrogen (secondary N) is 1. The van der Waals surface area contributed by atoms with E-state index in [1.807, 2.05) is 37.3 Å². The molecule has 0 bridgehead atoms. The number of hydrogen-bond acceptors (Lipinski definition) is 4. The summed E-state index contributed by atoms with van der Waals surface area (Å²) in [5, 5.41) is 2.66. The van der Waals surface area contributed by atoms with Gasteiger partial charge in [-0.1, -0.05) is 61.2 Å². The van der Waals surface area contributed by atoms with Crippen LogP contribution in [-0.4, -0.2) is 32.8 Å². The first kappa shape index (κ1) is 15.0. The van der Waals surface area contributed by atoms with Crippen LogP contribution in [0.1, 0.15) is 18.9 Å². The van der Waals surface area contributed by atoms with Crippen LogP contribution in [0.25, 0.3) is 0 Å². The number of rotatable bonds is 5. The van der Waals surface area contributed by atoms with Gasteiger partial charge < -0.3 is 5.32 Å². The lowest BCUT2D eigenvalue weighted by Crippen LogP contribution is -2.40. The van der Waals surface area contributed by atoms with E-state index in [-0.39, 0.29) is 23.6 Å². The van der Waals surface area contributed by atoms with E-state index >= 15 is 0 Å². The van der Waals surface area contributed by atoms with Crippen LogP contribution in [0.2, 0.25) is 0 Å². The Balaban J connectivity index is 1.86. The van der Waals surface area contributed by atoms with Gasteiger partial charge in [0.15, 0.2) is 0 Å². The highest BCUT2D eigenvalue weighted by atomic mass is 32.2. The molecule has 0 spiro atoms. The molecule has 1 atom stereocenters. The SMILES string of the molecule is CCC1SC(=S)N(CC(=O)NCc2ccccc2)C1=O. The van der Waals surface area contributed by atoms with Gasteiger partial charge in [0.25, 0.3) is 0 Å². The van der Waals surface area contributed by atoms with Crippen molar-refractivity contribution in [3.63, 3.8) is 0 Å². The number of thiocarbonyl (C=S) groups is 1. The fourth-order valence-electron chi connectivity index (χ4n) is 1.90. The van der Waals surface area contributed by atoms with Crippen molar-refractivity contribution >= 4 is 40.1 Å². The van der Waals surface area contributed by atoms with E-state index in [0.29, 0.717) is 10.9 Å². The highest BCUT2D eigenvalue weighted by Gasteiger charge is 2.36. The minimum atomic E-state index is -0.193. The fraction of sp³-hybridized carbons (Fsp3) is 0.357. The summed E-state index contributed by atoms with van der Waals surface area (Å²) in [7, 11) is 0. The summed E-state index contributed by atoms with van der Waals surface area (Å²) in [6, 6.07) is 9.64. The van der Waals surface area contributed by atoms with Crippen LogP contribution in [0.3, 0.4) is 0 Å². The number of carbonyl (C=O) groups is 2. The maximum absolute atomic E-state index is 12.0. The highest BCUT2D eigenvalue weighted by Crippen LogP contribution is 2.28. The average Bonchev–Trinajstić information content (AvgIpc) is 2.73. The van der Waals surface area contributed by atoms with Gasteiger partial charge in [-0.3, -0.25) is 14.5 Å². The van der Waals surface area contributed by atoms with Gasteiger partial charge in [-0.25, -0.2) is 0 Å². The van der Waals surface area contributed by atoms with Crippen LogP contribution in [-0.2, 0) is 16.1 Å². The van der Waals surface area contributed by atoms with Crippen molar-refractivity contribution in [3.05, 3.63) is 35.9 Å². The van der Waals surface area contributed by atoms with E-state index in [9.17, 15) is 9.59 Å². The van der Waals surface area contributed by atoms with Crippen LogP contribution in [0.15, 0.2) is 30.3 Å². The number of hydrogen-bond donors (Lipinski definition) is 1. The van der Waals surface area contributed by atoms with E-state index in [4.69, 9.17) is 12.2 Å². The summed E-state index contributed by atoms with van der Waals surface area (Å²) >= 11 is 6.51. The van der Waals surface area contributed by atoms with Crippen LogP contribution >= 0.6 is 24.0 Å². The molecule has 2 rings (SSSR count). The maximum atomic E-state index is 12.0. The summed E-state index contributed by atoms with van der Waals surface area (Å²) in [6.07, 6.45) is 0.728. The first-order valence-electron chi connectivity index (χ1n) is 6.44. The Labute approximate surface area is 127 Å². The monoisotopic (exact) mass is 308 g/mol. The Morgan fingerprint density at radius 3 is 2.70 bits per heavy atom. The lowest BCUT2D eigenvalue weighted by Gasteiger charge is -2.15. The topological polar surface area (TPSA) is 49.4 Å². The number of thioether (sulfide) groups is 1. The predicted molar refractivity (Wildman–Crippen MR) is 84.3 cm³/mol. The Hall–Kier alpha value is -1.40. The smallest absolute Gasteiger partial charge is 0.242 e. The Morgan fingerprint density at radius 1 is 1.40 bits per heavy atom.